The number of nitrogens with zero attached hydrogens (tertiary/aromatic N) is 3. The molecular formula is C64H49N3. The van der Waals surface area contributed by atoms with Crippen molar-refractivity contribution >= 4 is 23.1 Å². The summed E-state index contributed by atoms with van der Waals surface area (Å²) in [5.41, 5.74) is 22.3. The second-order valence-electron chi connectivity index (χ2n) is 18.0. The van der Waals surface area contributed by atoms with E-state index in [4.69, 9.17) is 4.98 Å². The van der Waals surface area contributed by atoms with E-state index in [0.717, 1.165) is 52.7 Å². The van der Waals surface area contributed by atoms with E-state index >= 15 is 0 Å². The standard InChI is InChI=1S/C64H49N3/c1-44-21-32-51(33-22-44)64(52-34-23-45(2)24-35-52)59-18-10-9-17-57(59)58-42-31-50(43-60(58)64)48-27-38-55(39-28-48)66(54-36-25-47(26-37-54)46-13-5-3-6-14-46)56-40-29-49(30-41-56)63-65-61-19-11-12-20-62(61)67(63)53-15-7-4-8-16-53/h3-11,13-19,21-43H,12,20H2,1-2H3. The smallest absolute Gasteiger partial charge is 0.145 e. The van der Waals surface area contributed by atoms with Crippen LogP contribution < -0.4 is 4.90 Å². The lowest BCUT2D eigenvalue weighted by Gasteiger charge is -2.34. The van der Waals surface area contributed by atoms with Gasteiger partial charge in [0.2, 0.25) is 0 Å². The van der Waals surface area contributed by atoms with Gasteiger partial charge in [-0.3, -0.25) is 4.57 Å². The van der Waals surface area contributed by atoms with Crippen molar-refractivity contribution in [1.29, 1.82) is 0 Å². The first kappa shape index (κ1) is 40.3. The van der Waals surface area contributed by atoms with Crippen molar-refractivity contribution in [2.24, 2.45) is 0 Å². The molecule has 0 radical (unpaired) electrons. The summed E-state index contributed by atoms with van der Waals surface area (Å²) in [4.78, 5) is 7.57. The van der Waals surface area contributed by atoms with E-state index in [-0.39, 0.29) is 0 Å². The van der Waals surface area contributed by atoms with E-state index in [9.17, 15) is 0 Å². The third kappa shape index (κ3) is 6.94. The maximum absolute atomic E-state index is 5.21. The molecule has 1 heterocycles. The van der Waals surface area contributed by atoms with Gasteiger partial charge in [0, 0.05) is 28.3 Å². The molecular weight excluding hydrogens is 811 g/mol. The number of imidazole rings is 1. The highest BCUT2D eigenvalue weighted by atomic mass is 15.1. The highest BCUT2D eigenvalue weighted by molar-refractivity contribution is 5.89. The summed E-state index contributed by atoms with van der Waals surface area (Å²) in [6.45, 7) is 4.34. The van der Waals surface area contributed by atoms with Crippen LogP contribution in [0.25, 0.3) is 56.5 Å². The predicted molar refractivity (Wildman–Crippen MR) is 279 cm³/mol. The van der Waals surface area contributed by atoms with Gasteiger partial charge in [-0.1, -0.05) is 175 Å². The SMILES string of the molecule is Cc1ccc(C2(c3ccc(C)cc3)c3ccccc3-c3ccc(-c4ccc(N(c5ccc(-c6ccccc6)cc5)c5ccc(-c6nc7c(n6-c6ccccc6)CCC=C7)cc5)cc4)cc32)cc1. The number of fused-ring (bicyclic) bond motifs is 4. The van der Waals surface area contributed by atoms with Gasteiger partial charge in [-0.15, -0.1) is 0 Å². The molecule has 3 heteroatoms. The molecule has 0 bridgehead atoms. The van der Waals surface area contributed by atoms with E-state index in [1.54, 1.807) is 0 Å². The number of para-hydroxylation sites is 1. The van der Waals surface area contributed by atoms with Crippen molar-refractivity contribution in [1.82, 2.24) is 9.55 Å². The Morgan fingerprint density at radius 1 is 0.448 bits per heavy atom. The number of benzene rings is 9. The largest absolute Gasteiger partial charge is 0.311 e. The molecule has 0 fully saturated rings. The number of aryl methyl sites for hydroxylation is 2. The van der Waals surface area contributed by atoms with Crippen LogP contribution in [0.5, 0.6) is 0 Å². The van der Waals surface area contributed by atoms with Crippen LogP contribution in [-0.4, -0.2) is 9.55 Å². The van der Waals surface area contributed by atoms with Gasteiger partial charge in [0.05, 0.1) is 16.8 Å². The molecule has 67 heavy (non-hydrogen) atoms. The van der Waals surface area contributed by atoms with Gasteiger partial charge >= 0.3 is 0 Å². The summed E-state index contributed by atoms with van der Waals surface area (Å²) < 4.78 is 2.34. The van der Waals surface area contributed by atoms with Crippen molar-refractivity contribution in [3.05, 3.63) is 275 Å². The Balaban J connectivity index is 0.954. The van der Waals surface area contributed by atoms with Crippen LogP contribution in [0.2, 0.25) is 0 Å². The third-order valence-corrected chi connectivity index (χ3v) is 13.9. The minimum atomic E-state index is -0.466. The molecule has 0 unspecified atom stereocenters. The molecule has 0 saturated heterocycles. The molecule has 10 aromatic rings. The second-order valence-corrected chi connectivity index (χ2v) is 18.0. The van der Waals surface area contributed by atoms with Crippen LogP contribution in [0.3, 0.4) is 0 Å². The molecule has 12 rings (SSSR count). The quantitative estimate of drug-likeness (QED) is 0.144. The van der Waals surface area contributed by atoms with Gasteiger partial charge in [-0.25, -0.2) is 4.98 Å². The lowest BCUT2D eigenvalue weighted by Crippen LogP contribution is -2.28. The maximum atomic E-state index is 5.21. The molecule has 9 aromatic carbocycles. The van der Waals surface area contributed by atoms with Crippen LogP contribution >= 0.6 is 0 Å². The topological polar surface area (TPSA) is 21.1 Å². The van der Waals surface area contributed by atoms with Crippen LogP contribution in [0.4, 0.5) is 17.1 Å². The first-order chi connectivity index (χ1) is 33.0. The molecule has 320 valence electrons. The van der Waals surface area contributed by atoms with E-state index in [0.29, 0.717) is 0 Å². The molecule has 0 amide bonds. The van der Waals surface area contributed by atoms with E-state index in [2.05, 4.69) is 260 Å². The number of hydrogen-bond acceptors (Lipinski definition) is 2. The van der Waals surface area contributed by atoms with Gasteiger partial charge in [-0.2, -0.15) is 0 Å². The van der Waals surface area contributed by atoms with Crippen LogP contribution in [0.1, 0.15) is 51.2 Å². The van der Waals surface area contributed by atoms with E-state index in [1.807, 2.05) is 0 Å². The zero-order valence-corrected chi connectivity index (χ0v) is 37.8. The Morgan fingerprint density at radius 3 is 1.55 bits per heavy atom. The van der Waals surface area contributed by atoms with Crippen molar-refractivity contribution < 1.29 is 0 Å². The predicted octanol–water partition coefficient (Wildman–Crippen LogP) is 16.3. The fraction of sp³-hybridized carbons (Fsp3) is 0.0781. The van der Waals surface area contributed by atoms with Crippen molar-refractivity contribution in [3.8, 4) is 50.5 Å². The monoisotopic (exact) mass is 859 g/mol. The first-order valence-electron chi connectivity index (χ1n) is 23.4. The minimum Gasteiger partial charge on any atom is -0.311 e. The second kappa shape index (κ2) is 16.6. The van der Waals surface area contributed by atoms with Crippen LogP contribution in [0.15, 0.2) is 231 Å². The summed E-state index contributed by atoms with van der Waals surface area (Å²) >= 11 is 0. The van der Waals surface area contributed by atoms with Crippen molar-refractivity contribution in [2.75, 3.05) is 4.90 Å². The highest BCUT2D eigenvalue weighted by Gasteiger charge is 2.46. The Kier molecular flexibility index (Phi) is 9.99. The molecule has 0 atom stereocenters. The normalized spacial score (nSPS) is 13.2. The first-order valence-corrected chi connectivity index (χ1v) is 23.4. The maximum Gasteiger partial charge on any atom is 0.145 e. The van der Waals surface area contributed by atoms with Gasteiger partial charge in [0.15, 0.2) is 0 Å². The Hall–Kier alpha value is -8.27. The fourth-order valence-electron chi connectivity index (χ4n) is 10.6. The Morgan fingerprint density at radius 2 is 0.940 bits per heavy atom. The highest BCUT2D eigenvalue weighted by Crippen LogP contribution is 2.57. The molecule has 2 aliphatic rings. The zero-order chi connectivity index (χ0) is 44.9. The average molecular weight is 860 g/mol. The van der Waals surface area contributed by atoms with E-state index < -0.39 is 5.41 Å². The number of allylic oxidation sites excluding steroid dienone is 1. The summed E-state index contributed by atoms with van der Waals surface area (Å²) in [5, 5.41) is 0. The van der Waals surface area contributed by atoms with Gasteiger partial charge in [0.25, 0.3) is 0 Å². The third-order valence-electron chi connectivity index (χ3n) is 13.9. The minimum absolute atomic E-state index is 0.466. The molecule has 1 aromatic heterocycles. The fourth-order valence-corrected chi connectivity index (χ4v) is 10.6. The van der Waals surface area contributed by atoms with Gasteiger partial charge in [0.1, 0.15) is 5.82 Å². The lowest BCUT2D eigenvalue weighted by molar-refractivity contribution is 0.768. The molecule has 0 saturated carbocycles. The average Bonchev–Trinajstić information content (AvgIpc) is 3.92. The van der Waals surface area contributed by atoms with Gasteiger partial charge < -0.3 is 4.90 Å². The van der Waals surface area contributed by atoms with Crippen LogP contribution in [0, 0.1) is 13.8 Å². The van der Waals surface area contributed by atoms with Crippen molar-refractivity contribution in [3.63, 3.8) is 0 Å². The molecule has 0 N–H and O–H groups in total. The molecule has 0 spiro atoms. The summed E-state index contributed by atoms with van der Waals surface area (Å²) in [7, 11) is 0. The number of rotatable bonds is 9. The zero-order valence-electron chi connectivity index (χ0n) is 37.8. The molecule has 0 aliphatic heterocycles. The number of aromatic nitrogens is 2. The number of hydrogen-bond donors (Lipinski definition) is 0. The summed E-state index contributed by atoms with van der Waals surface area (Å²) in [6, 6.07) is 82.6. The van der Waals surface area contributed by atoms with E-state index in [1.165, 1.54) is 72.5 Å². The summed E-state index contributed by atoms with van der Waals surface area (Å²) in [5.74, 6) is 0.962. The molecule has 3 nitrogen and oxygen atoms in total. The summed E-state index contributed by atoms with van der Waals surface area (Å²) in [6.07, 6.45) is 6.39. The number of anilines is 3. The Labute approximate surface area is 393 Å². The van der Waals surface area contributed by atoms with Crippen molar-refractivity contribution in [2.45, 2.75) is 32.1 Å². The Bertz CT molecular complexity index is 3370. The lowest BCUT2D eigenvalue weighted by atomic mass is 9.67. The van der Waals surface area contributed by atoms with Gasteiger partial charge in [-0.05, 0) is 155 Å². The van der Waals surface area contributed by atoms with Crippen LogP contribution in [-0.2, 0) is 11.8 Å². The molecule has 2 aliphatic carbocycles.